The highest BCUT2D eigenvalue weighted by Crippen LogP contribution is 2.46. The van der Waals surface area contributed by atoms with Crippen LogP contribution in [0.4, 0.5) is 0 Å². The van der Waals surface area contributed by atoms with Crippen LogP contribution < -0.4 is 0 Å². The first-order valence-corrected chi connectivity index (χ1v) is 5.03. The molecule has 3 aliphatic carbocycles. The fourth-order valence-electron chi connectivity index (χ4n) is 2.77. The van der Waals surface area contributed by atoms with E-state index in [1.165, 1.54) is 30.4 Å². The van der Waals surface area contributed by atoms with E-state index in [1.807, 2.05) is 0 Å². The minimum Gasteiger partial charge on any atom is -0.0686 e. The zero-order chi connectivity index (χ0) is 9.00. The van der Waals surface area contributed by atoms with Crippen LogP contribution in [-0.2, 0) is 0 Å². The van der Waals surface area contributed by atoms with Crippen molar-refractivity contribution in [3.8, 4) is 0 Å². The third kappa shape index (κ3) is 0.918. The second kappa shape index (κ2) is 2.25. The van der Waals surface area contributed by atoms with Gasteiger partial charge in [-0.15, -0.1) is 0 Å². The highest BCUT2D eigenvalue weighted by Gasteiger charge is 2.28. The summed E-state index contributed by atoms with van der Waals surface area (Å²) in [5, 5.41) is 0. The summed E-state index contributed by atoms with van der Waals surface area (Å²) >= 11 is 0. The summed E-state index contributed by atoms with van der Waals surface area (Å²) in [5.74, 6) is 0. The van der Waals surface area contributed by atoms with Crippen molar-refractivity contribution >= 4 is 0 Å². The molecule has 0 N–H and O–H groups in total. The number of hydrogen-bond acceptors (Lipinski definition) is 0. The van der Waals surface area contributed by atoms with E-state index in [9.17, 15) is 0 Å². The Labute approximate surface area is 79.3 Å². The Bertz CT molecular complexity index is 371. The summed E-state index contributed by atoms with van der Waals surface area (Å²) in [6, 6.07) is 0. The molecule has 0 aliphatic heterocycles. The van der Waals surface area contributed by atoms with E-state index in [-0.39, 0.29) is 0 Å². The van der Waals surface area contributed by atoms with Crippen LogP contribution >= 0.6 is 0 Å². The Kier molecular flexibility index (Phi) is 1.28. The zero-order valence-corrected chi connectivity index (χ0v) is 8.28. The molecule has 0 fully saturated rings. The fourth-order valence-corrected chi connectivity index (χ4v) is 2.77. The highest BCUT2D eigenvalue weighted by atomic mass is 14.3. The summed E-state index contributed by atoms with van der Waals surface area (Å²) in [5.41, 5.74) is 9.54. The standard InChI is InChI=1S/C13H14/c1-8-3-10-7-11-4-9(2)6-13(11)12(10)5-8/h5-6H,3-4,7H2,1-2H3. The van der Waals surface area contributed by atoms with E-state index < -0.39 is 0 Å². The van der Waals surface area contributed by atoms with Gasteiger partial charge >= 0.3 is 0 Å². The van der Waals surface area contributed by atoms with E-state index in [2.05, 4.69) is 26.0 Å². The molecule has 0 heteroatoms. The van der Waals surface area contributed by atoms with Gasteiger partial charge in [-0.3, -0.25) is 0 Å². The fraction of sp³-hybridized carbons (Fsp3) is 0.385. The smallest absolute Gasteiger partial charge is 0.00835 e. The molecule has 0 spiro atoms. The average molecular weight is 170 g/mol. The second-order valence-corrected chi connectivity index (χ2v) is 4.55. The van der Waals surface area contributed by atoms with Gasteiger partial charge in [0, 0.05) is 0 Å². The third-order valence-corrected chi connectivity index (χ3v) is 3.24. The molecule has 0 saturated carbocycles. The molecule has 0 aromatic rings. The van der Waals surface area contributed by atoms with E-state index in [0.29, 0.717) is 0 Å². The van der Waals surface area contributed by atoms with Crippen LogP contribution in [-0.4, -0.2) is 0 Å². The van der Waals surface area contributed by atoms with Crippen LogP contribution in [0.25, 0.3) is 0 Å². The first kappa shape index (κ1) is 7.37. The van der Waals surface area contributed by atoms with Crippen LogP contribution in [0.2, 0.25) is 0 Å². The van der Waals surface area contributed by atoms with E-state index >= 15 is 0 Å². The topological polar surface area (TPSA) is 0 Å². The quantitative estimate of drug-likeness (QED) is 0.520. The Morgan fingerprint density at radius 1 is 0.769 bits per heavy atom. The lowest BCUT2D eigenvalue weighted by Crippen LogP contribution is -1.82. The highest BCUT2D eigenvalue weighted by molar-refractivity contribution is 5.65. The van der Waals surface area contributed by atoms with Gasteiger partial charge in [-0.25, -0.2) is 0 Å². The summed E-state index contributed by atoms with van der Waals surface area (Å²) in [4.78, 5) is 0. The molecule has 0 heterocycles. The second-order valence-electron chi connectivity index (χ2n) is 4.55. The molecule has 0 saturated heterocycles. The van der Waals surface area contributed by atoms with E-state index in [4.69, 9.17) is 0 Å². The zero-order valence-electron chi connectivity index (χ0n) is 8.28. The summed E-state index contributed by atoms with van der Waals surface area (Å²) in [7, 11) is 0. The van der Waals surface area contributed by atoms with Gasteiger partial charge in [-0.1, -0.05) is 34.4 Å². The molecule has 13 heavy (non-hydrogen) atoms. The maximum Gasteiger partial charge on any atom is -0.00835 e. The Balaban J connectivity index is 2.07. The number of hydrogen-bond donors (Lipinski definition) is 0. The van der Waals surface area contributed by atoms with Crippen LogP contribution in [0.1, 0.15) is 33.1 Å². The minimum atomic E-state index is 1.23. The third-order valence-electron chi connectivity index (χ3n) is 3.24. The molecule has 0 amide bonds. The molecular weight excluding hydrogens is 156 g/mol. The van der Waals surface area contributed by atoms with Gasteiger partial charge in [0.1, 0.15) is 0 Å². The SMILES string of the molecule is CC1=CC2=C(C1)CC1=C2C=C(C)C1. The number of rotatable bonds is 0. The van der Waals surface area contributed by atoms with Gasteiger partial charge in [0.2, 0.25) is 0 Å². The molecule has 66 valence electrons. The van der Waals surface area contributed by atoms with Gasteiger partial charge in [0.25, 0.3) is 0 Å². The average Bonchev–Trinajstić information content (AvgIpc) is 2.60. The van der Waals surface area contributed by atoms with Crippen molar-refractivity contribution in [2.75, 3.05) is 0 Å². The minimum absolute atomic E-state index is 1.23. The van der Waals surface area contributed by atoms with Gasteiger partial charge < -0.3 is 0 Å². The molecule has 0 bridgehead atoms. The van der Waals surface area contributed by atoms with Crippen molar-refractivity contribution in [3.63, 3.8) is 0 Å². The van der Waals surface area contributed by atoms with Crippen LogP contribution in [0.5, 0.6) is 0 Å². The predicted octanol–water partition coefficient (Wildman–Crippen LogP) is 3.68. The normalized spacial score (nSPS) is 25.1. The first-order valence-electron chi connectivity index (χ1n) is 5.03. The van der Waals surface area contributed by atoms with Crippen molar-refractivity contribution < 1.29 is 0 Å². The first-order chi connectivity index (χ1) is 6.24. The summed E-state index contributed by atoms with van der Waals surface area (Å²) in [6.07, 6.45) is 8.48. The molecule has 0 unspecified atom stereocenters. The van der Waals surface area contributed by atoms with Crippen LogP contribution in [0.15, 0.2) is 45.6 Å². The molecule has 0 radical (unpaired) electrons. The van der Waals surface area contributed by atoms with E-state index in [1.54, 1.807) is 22.3 Å². The van der Waals surface area contributed by atoms with Crippen molar-refractivity contribution in [1.82, 2.24) is 0 Å². The largest absolute Gasteiger partial charge is 0.0686 e. The maximum atomic E-state index is 2.38. The maximum absolute atomic E-state index is 2.38. The Hall–Kier alpha value is -1.04. The molecule has 0 nitrogen and oxygen atoms in total. The summed E-state index contributed by atoms with van der Waals surface area (Å²) in [6.45, 7) is 4.48. The number of fused-ring (bicyclic) bond motifs is 1. The lowest BCUT2D eigenvalue weighted by molar-refractivity contribution is 0.995. The van der Waals surface area contributed by atoms with Crippen LogP contribution in [0, 0.1) is 0 Å². The van der Waals surface area contributed by atoms with Gasteiger partial charge in [-0.2, -0.15) is 0 Å². The van der Waals surface area contributed by atoms with Crippen molar-refractivity contribution in [3.05, 3.63) is 45.6 Å². The number of allylic oxidation sites excluding steroid dienone is 8. The lowest BCUT2D eigenvalue weighted by Gasteiger charge is -2.01. The Morgan fingerprint density at radius 3 is 1.69 bits per heavy atom. The Morgan fingerprint density at radius 2 is 1.23 bits per heavy atom. The van der Waals surface area contributed by atoms with Gasteiger partial charge in [0.05, 0.1) is 0 Å². The van der Waals surface area contributed by atoms with Crippen molar-refractivity contribution in [2.45, 2.75) is 33.1 Å². The molecular formula is C13H14. The molecule has 0 aromatic carbocycles. The molecule has 3 rings (SSSR count). The monoisotopic (exact) mass is 170 g/mol. The predicted molar refractivity (Wildman–Crippen MR) is 55.4 cm³/mol. The molecule has 3 aliphatic rings. The van der Waals surface area contributed by atoms with Gasteiger partial charge in [0.15, 0.2) is 0 Å². The van der Waals surface area contributed by atoms with E-state index in [0.717, 1.165) is 0 Å². The summed E-state index contributed by atoms with van der Waals surface area (Å²) < 4.78 is 0. The molecule has 0 atom stereocenters. The lowest BCUT2D eigenvalue weighted by atomic mass is 10.0. The van der Waals surface area contributed by atoms with Gasteiger partial charge in [-0.05, 0) is 44.3 Å². The van der Waals surface area contributed by atoms with Crippen molar-refractivity contribution in [2.24, 2.45) is 0 Å². The van der Waals surface area contributed by atoms with Crippen molar-refractivity contribution in [1.29, 1.82) is 0 Å². The van der Waals surface area contributed by atoms with Crippen LogP contribution in [0.3, 0.4) is 0 Å². The molecule has 0 aromatic heterocycles.